The molecule has 0 aromatic heterocycles. The van der Waals surface area contributed by atoms with Crippen LogP contribution in [0.5, 0.6) is 23.0 Å². The van der Waals surface area contributed by atoms with Crippen LogP contribution in [0.2, 0.25) is 10.0 Å². The van der Waals surface area contributed by atoms with Gasteiger partial charge in [0, 0.05) is 28.6 Å². The minimum absolute atomic E-state index is 0. The number of methoxy groups -OCH3 is 2. The van der Waals surface area contributed by atoms with Crippen LogP contribution in [0, 0.1) is 13.8 Å². The Labute approximate surface area is 468 Å². The maximum Gasteiger partial charge on any atom is 2.00 e. The number of hydrogen-bond donors (Lipinski definition) is 4. The predicted molar refractivity (Wildman–Crippen MR) is 275 cm³/mol. The number of fused-ring (bicyclic) bond motifs is 2. The number of aryl methyl sites for hydroxylation is 2. The number of rotatable bonds is 12. The molecular weight excluding hydrogens is 1150 g/mol. The van der Waals surface area contributed by atoms with Crippen molar-refractivity contribution < 1.29 is 55.5 Å². The Morgan fingerprint density at radius 3 is 1.63 bits per heavy atom. The molecule has 23 heteroatoms. The van der Waals surface area contributed by atoms with E-state index < -0.39 is 53.3 Å². The molecule has 73 heavy (non-hydrogen) atoms. The van der Waals surface area contributed by atoms with E-state index >= 15 is 0 Å². The van der Waals surface area contributed by atoms with Crippen LogP contribution in [0.3, 0.4) is 0 Å². The molecule has 0 unspecified atom stereocenters. The molecule has 0 radical (unpaired) electrons. The molecule has 0 heterocycles. The van der Waals surface area contributed by atoms with Gasteiger partial charge in [-0.3, -0.25) is 18.9 Å². The van der Waals surface area contributed by atoms with Crippen LogP contribution in [0.1, 0.15) is 27.0 Å². The summed E-state index contributed by atoms with van der Waals surface area (Å²) in [5.74, 6) is -1.42. The number of amides is 1. The molecule has 8 aromatic rings. The normalized spacial score (nSPS) is 11.9. The summed E-state index contributed by atoms with van der Waals surface area (Å²) in [5.41, 5.74) is 1.49. The van der Waals surface area contributed by atoms with E-state index in [2.05, 4.69) is 30.8 Å². The van der Waals surface area contributed by atoms with E-state index in [1.807, 2.05) is 0 Å². The van der Waals surface area contributed by atoms with Gasteiger partial charge in [0.25, 0.3) is 26.1 Å². The largest absolute Gasteiger partial charge is 2.00 e. The van der Waals surface area contributed by atoms with Gasteiger partial charge in [-0.25, -0.2) is 0 Å². The molecule has 1 amide bonds. The van der Waals surface area contributed by atoms with Gasteiger partial charge >= 0.3 is 48.9 Å². The Morgan fingerprint density at radius 1 is 0.616 bits per heavy atom. The van der Waals surface area contributed by atoms with Crippen LogP contribution in [0.4, 0.5) is 34.1 Å². The number of hydrogen-bond acceptors (Lipinski definition) is 15. The zero-order valence-electron chi connectivity index (χ0n) is 38.7. The summed E-state index contributed by atoms with van der Waals surface area (Å²) in [6.45, 7) is 3.24. The molecule has 0 spiro atoms. The second-order valence-corrected chi connectivity index (χ2v) is 19.1. The fourth-order valence-electron chi connectivity index (χ4n) is 7.02. The number of aliphatic imine (C=N–C) groups is 1. The maximum atomic E-state index is 13.3. The van der Waals surface area contributed by atoms with Gasteiger partial charge in [0.2, 0.25) is 0 Å². The second-order valence-electron chi connectivity index (χ2n) is 15.5. The number of nitrogens with zero attached hydrogens (tertiary/aromatic N) is 5. The van der Waals surface area contributed by atoms with Crippen LogP contribution in [-0.2, 0) is 20.2 Å². The van der Waals surface area contributed by atoms with Gasteiger partial charge in [-0.15, -0.1) is 5.11 Å². The number of ether oxygens (including phenoxy) is 2. The van der Waals surface area contributed by atoms with Crippen LogP contribution in [0.25, 0.3) is 21.5 Å². The molecule has 0 saturated heterocycles. The van der Waals surface area contributed by atoms with E-state index in [-0.39, 0.29) is 92.8 Å². The van der Waals surface area contributed by atoms with Crippen molar-refractivity contribution in [3.05, 3.63) is 166 Å². The van der Waals surface area contributed by atoms with Gasteiger partial charge in [-0.05, 0) is 108 Å². The first-order valence-electron chi connectivity index (χ1n) is 20.9. The van der Waals surface area contributed by atoms with Crippen LogP contribution >= 0.6 is 23.2 Å². The Hall–Kier alpha value is -6.41. The molecule has 0 atom stereocenters. The third-order valence-corrected chi connectivity index (χ3v) is 13.3. The zero-order chi connectivity index (χ0) is 52.1. The number of halogens is 2. The maximum absolute atomic E-state index is 13.3. The molecule has 0 aliphatic heterocycles. The number of phenolic OH excluding ortho intramolecular Hbond substituents is 1. The Kier molecular flexibility index (Phi) is 18.1. The molecule has 0 saturated carbocycles. The molecular formula is C50H38BaCl2N6O12S2. The number of carbonyl (C=O) groups excluding carboxylic acids is 1. The number of aromatic hydroxyl groups is 1. The molecule has 8 rings (SSSR count). The van der Waals surface area contributed by atoms with E-state index in [4.69, 9.17) is 32.7 Å². The average Bonchev–Trinajstić information content (AvgIpc) is 3.33. The summed E-state index contributed by atoms with van der Waals surface area (Å²) < 4.78 is 75.7. The van der Waals surface area contributed by atoms with Crippen molar-refractivity contribution in [2.45, 2.75) is 23.6 Å². The van der Waals surface area contributed by atoms with Crippen molar-refractivity contribution in [2.75, 3.05) is 19.5 Å². The zero-order valence-corrected chi connectivity index (χ0v) is 46.3. The topological polar surface area (TPSA) is 284 Å². The minimum Gasteiger partial charge on any atom is -0.871 e. The van der Waals surface area contributed by atoms with Crippen molar-refractivity contribution in [2.24, 2.45) is 25.4 Å². The third kappa shape index (κ3) is 13.2. The number of azo groups is 2. The first kappa shape index (κ1) is 55.9. The number of benzene rings is 8. The quantitative estimate of drug-likeness (QED) is 0.0292. The number of anilines is 1. The van der Waals surface area contributed by atoms with Gasteiger partial charge in [0.15, 0.2) is 5.75 Å². The van der Waals surface area contributed by atoms with Gasteiger partial charge < -0.3 is 30.1 Å². The molecule has 4 N–H and O–H groups in total. The van der Waals surface area contributed by atoms with Crippen molar-refractivity contribution in [3.8, 4) is 23.0 Å². The summed E-state index contributed by atoms with van der Waals surface area (Å²) in [6, 6.07) is 34.8. The van der Waals surface area contributed by atoms with Crippen LogP contribution in [-0.4, -0.2) is 106 Å². The van der Waals surface area contributed by atoms with Gasteiger partial charge in [-0.1, -0.05) is 89.6 Å². The van der Waals surface area contributed by atoms with E-state index in [0.717, 1.165) is 12.1 Å². The molecule has 0 aliphatic rings. The number of nitrogens with one attached hydrogen (secondary N) is 1. The average molecular weight is 1190 g/mol. The van der Waals surface area contributed by atoms with Crippen molar-refractivity contribution in [3.63, 3.8) is 0 Å². The van der Waals surface area contributed by atoms with E-state index in [1.54, 1.807) is 111 Å². The first-order valence-corrected chi connectivity index (χ1v) is 24.5. The summed E-state index contributed by atoms with van der Waals surface area (Å²) in [7, 11) is -6.22. The SMILES string of the molecule is COc1cccc(N=C([O-])c2cc3ccccc3c(N=Nc3cc(S(=O)(=O)O)c(Cl)cc3C)c2[O-])c1.COc1cccc(NC(=O)c2cc3ccccc3c(N=Nc3cc(S(=O)(=O)O)c(Cl)cc3C)c2O)c1.[Ba+2]. The Bertz CT molecular complexity index is 3790. The summed E-state index contributed by atoms with van der Waals surface area (Å²) in [4.78, 5) is 16.0. The molecule has 0 aliphatic carbocycles. The number of phenols is 1. The molecule has 368 valence electrons. The number of carbonyl (C=O) groups is 1. The van der Waals surface area contributed by atoms with Crippen LogP contribution in [0.15, 0.2) is 169 Å². The Balaban J connectivity index is 0.000000235. The molecule has 8 aromatic carbocycles. The van der Waals surface area contributed by atoms with Crippen molar-refractivity contribution in [1.29, 1.82) is 0 Å². The van der Waals surface area contributed by atoms with Crippen molar-refractivity contribution >= 4 is 160 Å². The fraction of sp³-hybridized carbons (Fsp3) is 0.0800. The summed E-state index contributed by atoms with van der Waals surface area (Å²) in [5, 5.41) is 58.1. The fourth-order valence-corrected chi connectivity index (χ4v) is 9.17. The molecule has 0 bridgehead atoms. The summed E-state index contributed by atoms with van der Waals surface area (Å²) in [6.07, 6.45) is 0. The Morgan fingerprint density at radius 2 is 1.10 bits per heavy atom. The predicted octanol–water partition coefficient (Wildman–Crippen LogP) is 11.0. The molecule has 18 nitrogen and oxygen atoms in total. The standard InChI is InChI=1S/2C25H20ClN3O6S.Ba/c2*1-14-10-20(26)22(36(32,33)34)13-21(14)28-29-23-18-9-4-3-6-15(18)11-19(24(23)30)25(31)27-16-7-5-8-17(12-16)35-2;/h2*3-13,30H,1-2H3,(H,27,31)(H,32,33,34);/q;;+2/p-2. The van der Waals surface area contributed by atoms with Crippen molar-refractivity contribution in [1.82, 2.24) is 0 Å². The molecule has 0 fully saturated rings. The van der Waals surface area contributed by atoms with Gasteiger partial charge in [-0.2, -0.15) is 32.2 Å². The van der Waals surface area contributed by atoms with E-state index in [1.165, 1.54) is 38.5 Å². The van der Waals surface area contributed by atoms with E-state index in [0.29, 0.717) is 55.5 Å². The van der Waals surface area contributed by atoms with E-state index in [9.17, 15) is 46.1 Å². The monoisotopic (exact) mass is 1190 g/mol. The summed E-state index contributed by atoms with van der Waals surface area (Å²) >= 11 is 11.9. The third-order valence-electron chi connectivity index (χ3n) is 10.6. The first-order chi connectivity index (χ1) is 34.2. The van der Waals surface area contributed by atoms with Crippen LogP contribution < -0.4 is 25.0 Å². The van der Waals surface area contributed by atoms with Gasteiger partial charge in [0.05, 0.1) is 52.6 Å². The van der Waals surface area contributed by atoms with Gasteiger partial charge in [0.1, 0.15) is 27.0 Å². The second kappa shape index (κ2) is 23.6. The smallest absolute Gasteiger partial charge is 0.871 e. The minimum atomic E-state index is -4.61.